The van der Waals surface area contributed by atoms with Crippen LogP contribution in [0.25, 0.3) is 0 Å². The van der Waals surface area contributed by atoms with Crippen molar-refractivity contribution in [3.63, 3.8) is 0 Å². The Morgan fingerprint density at radius 3 is 1.97 bits per heavy atom. The Bertz CT molecular complexity index is 1030. The molecule has 2 fully saturated rings. The minimum absolute atomic E-state index is 0.0430. The maximum atomic E-state index is 14.8. The molecular formula is C32H41F5O. The molecule has 6 heteroatoms. The summed E-state index contributed by atoms with van der Waals surface area (Å²) in [6.07, 6.45) is 10.3. The standard InChI is InChI=1S/C32H41F5O/c1-3-5-6-7-21-8-10-22(11-9-21)23-12-14-24(15-13-23)28-20-29(33)30(34)27(4-2)31(28)38-26-18-16-25(17-19-26)32(35,36)37/h16-24H,3-15H2,1-2H3. The van der Waals surface area contributed by atoms with Gasteiger partial charge < -0.3 is 4.74 Å². The fourth-order valence-corrected chi connectivity index (χ4v) is 6.79. The number of alkyl halides is 3. The zero-order valence-electron chi connectivity index (χ0n) is 22.7. The largest absolute Gasteiger partial charge is 0.457 e. The summed E-state index contributed by atoms with van der Waals surface area (Å²) in [5.41, 5.74) is 0.00142. The molecule has 38 heavy (non-hydrogen) atoms. The van der Waals surface area contributed by atoms with Crippen molar-refractivity contribution >= 4 is 0 Å². The van der Waals surface area contributed by atoms with Crippen molar-refractivity contribution in [1.82, 2.24) is 0 Å². The normalized spacial score (nSPS) is 24.4. The van der Waals surface area contributed by atoms with E-state index in [2.05, 4.69) is 6.92 Å². The number of hydrogen-bond acceptors (Lipinski definition) is 1. The molecule has 2 saturated carbocycles. The molecule has 0 amide bonds. The average Bonchev–Trinajstić information content (AvgIpc) is 2.91. The van der Waals surface area contributed by atoms with Crippen molar-refractivity contribution in [3.8, 4) is 11.5 Å². The van der Waals surface area contributed by atoms with Gasteiger partial charge in [0.15, 0.2) is 11.6 Å². The molecule has 0 bridgehead atoms. The van der Waals surface area contributed by atoms with E-state index in [4.69, 9.17) is 4.74 Å². The molecule has 2 aliphatic carbocycles. The zero-order valence-corrected chi connectivity index (χ0v) is 22.7. The third-order valence-electron chi connectivity index (χ3n) is 9.03. The number of benzene rings is 2. The van der Waals surface area contributed by atoms with Crippen molar-refractivity contribution < 1.29 is 26.7 Å². The third-order valence-corrected chi connectivity index (χ3v) is 9.03. The van der Waals surface area contributed by atoms with Crippen molar-refractivity contribution in [2.45, 2.75) is 109 Å². The van der Waals surface area contributed by atoms with E-state index in [0.29, 0.717) is 11.5 Å². The van der Waals surface area contributed by atoms with E-state index in [1.54, 1.807) is 6.92 Å². The second-order valence-corrected chi connectivity index (χ2v) is 11.4. The van der Waals surface area contributed by atoms with E-state index >= 15 is 0 Å². The topological polar surface area (TPSA) is 9.23 Å². The molecular weight excluding hydrogens is 495 g/mol. The van der Waals surface area contributed by atoms with Gasteiger partial charge >= 0.3 is 6.18 Å². The molecule has 0 heterocycles. The molecule has 0 saturated heterocycles. The van der Waals surface area contributed by atoms with Gasteiger partial charge in [-0.1, -0.05) is 52.4 Å². The quantitative estimate of drug-likeness (QED) is 0.229. The first kappa shape index (κ1) is 28.9. The Morgan fingerprint density at radius 2 is 1.42 bits per heavy atom. The molecule has 0 aromatic heterocycles. The monoisotopic (exact) mass is 536 g/mol. The molecule has 1 nitrogen and oxygen atoms in total. The van der Waals surface area contributed by atoms with Crippen LogP contribution in [0.3, 0.4) is 0 Å². The maximum Gasteiger partial charge on any atom is 0.416 e. The molecule has 210 valence electrons. The summed E-state index contributed by atoms with van der Waals surface area (Å²) >= 11 is 0. The maximum absolute atomic E-state index is 14.8. The van der Waals surface area contributed by atoms with E-state index in [9.17, 15) is 22.0 Å². The van der Waals surface area contributed by atoms with Gasteiger partial charge in [0.05, 0.1) is 5.56 Å². The lowest BCUT2D eigenvalue weighted by Crippen LogP contribution is -2.25. The van der Waals surface area contributed by atoms with Crippen LogP contribution in [0.5, 0.6) is 11.5 Å². The first-order chi connectivity index (χ1) is 18.2. The van der Waals surface area contributed by atoms with Gasteiger partial charge in [-0.2, -0.15) is 13.2 Å². The predicted octanol–water partition coefficient (Wildman–Crippen LogP) is 11.0. The fraction of sp³-hybridized carbons (Fsp3) is 0.625. The van der Waals surface area contributed by atoms with Gasteiger partial charge in [0.2, 0.25) is 0 Å². The van der Waals surface area contributed by atoms with E-state index in [1.165, 1.54) is 69.6 Å². The van der Waals surface area contributed by atoms with Crippen molar-refractivity contribution in [2.24, 2.45) is 17.8 Å². The minimum atomic E-state index is -4.45. The van der Waals surface area contributed by atoms with Crippen LogP contribution in [0, 0.1) is 29.4 Å². The van der Waals surface area contributed by atoms with Crippen LogP contribution in [0.4, 0.5) is 22.0 Å². The van der Waals surface area contributed by atoms with Gasteiger partial charge in [0, 0.05) is 11.1 Å². The molecule has 2 aromatic rings. The van der Waals surface area contributed by atoms with Crippen molar-refractivity contribution in [3.05, 3.63) is 58.7 Å². The Labute approximate surface area is 224 Å². The van der Waals surface area contributed by atoms with E-state index in [0.717, 1.165) is 49.7 Å². The lowest BCUT2D eigenvalue weighted by atomic mass is 9.67. The highest BCUT2D eigenvalue weighted by Crippen LogP contribution is 2.48. The number of halogens is 5. The van der Waals surface area contributed by atoms with Crippen molar-refractivity contribution in [2.75, 3.05) is 0 Å². The summed E-state index contributed by atoms with van der Waals surface area (Å²) in [4.78, 5) is 0. The third kappa shape index (κ3) is 6.90. The zero-order chi connectivity index (χ0) is 27.3. The van der Waals surface area contributed by atoms with Gasteiger partial charge in [0.1, 0.15) is 11.5 Å². The summed E-state index contributed by atoms with van der Waals surface area (Å²) in [7, 11) is 0. The molecule has 2 aromatic carbocycles. The average molecular weight is 537 g/mol. The van der Waals surface area contributed by atoms with Gasteiger partial charge in [-0.25, -0.2) is 8.78 Å². The van der Waals surface area contributed by atoms with Crippen LogP contribution in [-0.4, -0.2) is 0 Å². The van der Waals surface area contributed by atoms with E-state index in [1.807, 2.05) is 0 Å². The Balaban J connectivity index is 1.45. The van der Waals surface area contributed by atoms with Gasteiger partial charge in [0.25, 0.3) is 0 Å². The summed E-state index contributed by atoms with van der Waals surface area (Å²) < 4.78 is 74.4. The Hall–Kier alpha value is -2.11. The molecule has 0 aliphatic heterocycles. The highest BCUT2D eigenvalue weighted by Gasteiger charge is 2.34. The lowest BCUT2D eigenvalue weighted by Gasteiger charge is -2.38. The van der Waals surface area contributed by atoms with Gasteiger partial charge in [-0.05, 0) is 98.9 Å². The smallest absolute Gasteiger partial charge is 0.416 e. The minimum Gasteiger partial charge on any atom is -0.457 e. The molecule has 0 N–H and O–H groups in total. The first-order valence-electron chi connectivity index (χ1n) is 14.6. The molecule has 0 radical (unpaired) electrons. The van der Waals surface area contributed by atoms with E-state index < -0.39 is 23.4 Å². The molecule has 0 spiro atoms. The number of unbranched alkanes of at least 4 members (excludes halogenated alkanes) is 2. The van der Waals surface area contributed by atoms with Gasteiger partial charge in [-0.15, -0.1) is 0 Å². The van der Waals surface area contributed by atoms with Crippen LogP contribution in [0.2, 0.25) is 0 Å². The van der Waals surface area contributed by atoms with Gasteiger partial charge in [-0.3, -0.25) is 0 Å². The first-order valence-corrected chi connectivity index (χ1v) is 14.6. The highest BCUT2D eigenvalue weighted by atomic mass is 19.4. The number of hydrogen-bond donors (Lipinski definition) is 0. The summed E-state index contributed by atoms with van der Waals surface area (Å²) in [6.45, 7) is 3.98. The van der Waals surface area contributed by atoms with E-state index in [-0.39, 0.29) is 29.4 Å². The van der Waals surface area contributed by atoms with Crippen LogP contribution in [0.1, 0.15) is 114 Å². The fourth-order valence-electron chi connectivity index (χ4n) is 6.79. The molecule has 0 atom stereocenters. The molecule has 0 unspecified atom stereocenters. The lowest BCUT2D eigenvalue weighted by molar-refractivity contribution is -0.137. The summed E-state index contributed by atoms with van der Waals surface area (Å²) in [5.74, 6) is 0.986. The number of ether oxygens (including phenoxy) is 1. The van der Waals surface area contributed by atoms with Crippen LogP contribution in [0.15, 0.2) is 30.3 Å². The predicted molar refractivity (Wildman–Crippen MR) is 142 cm³/mol. The highest BCUT2D eigenvalue weighted by molar-refractivity contribution is 5.48. The molecule has 2 aliphatic rings. The van der Waals surface area contributed by atoms with Crippen LogP contribution < -0.4 is 4.74 Å². The van der Waals surface area contributed by atoms with Crippen LogP contribution >= 0.6 is 0 Å². The Kier molecular flexibility index (Phi) is 9.75. The van der Waals surface area contributed by atoms with Crippen LogP contribution in [-0.2, 0) is 12.6 Å². The summed E-state index contributed by atoms with van der Waals surface area (Å²) in [5, 5.41) is 0. The second kappa shape index (κ2) is 12.8. The summed E-state index contributed by atoms with van der Waals surface area (Å²) in [6, 6.07) is 5.63. The number of rotatable bonds is 9. The Morgan fingerprint density at radius 1 is 0.816 bits per heavy atom. The second-order valence-electron chi connectivity index (χ2n) is 11.4. The molecule has 4 rings (SSSR count). The SMILES string of the molecule is CCCCCC1CCC(C2CCC(c3cc(F)c(F)c(CC)c3Oc3ccc(C(F)(F)F)cc3)CC2)CC1. The van der Waals surface area contributed by atoms with Crippen molar-refractivity contribution in [1.29, 1.82) is 0 Å².